The predicted molar refractivity (Wildman–Crippen MR) is 77.1 cm³/mol. The summed E-state index contributed by atoms with van der Waals surface area (Å²) in [5.74, 6) is 1.23. The van der Waals surface area contributed by atoms with Crippen molar-refractivity contribution in [2.24, 2.45) is 0 Å². The van der Waals surface area contributed by atoms with Crippen molar-refractivity contribution in [3.63, 3.8) is 0 Å². The Labute approximate surface area is 117 Å². The maximum atomic E-state index is 12.8. The fraction of sp³-hybridized carbons (Fsp3) is 0.333. The summed E-state index contributed by atoms with van der Waals surface area (Å²) in [5, 5.41) is 6.53. The Balaban J connectivity index is 1.66. The van der Waals surface area contributed by atoms with Crippen molar-refractivity contribution in [3.8, 4) is 0 Å². The van der Waals surface area contributed by atoms with Crippen molar-refractivity contribution in [2.45, 2.75) is 32.4 Å². The molecule has 5 heteroatoms. The van der Waals surface area contributed by atoms with Gasteiger partial charge in [0.25, 0.3) is 0 Å². The smallest absolute Gasteiger partial charge is 0.225 e. The summed E-state index contributed by atoms with van der Waals surface area (Å²) in [4.78, 5) is 8.80. The van der Waals surface area contributed by atoms with Crippen molar-refractivity contribution in [3.05, 3.63) is 47.4 Å². The number of aromatic nitrogens is 2. The van der Waals surface area contributed by atoms with Gasteiger partial charge in [0.2, 0.25) is 5.95 Å². The molecule has 0 saturated heterocycles. The molecule has 1 aromatic carbocycles. The van der Waals surface area contributed by atoms with E-state index in [0.717, 1.165) is 17.1 Å². The minimum Gasteiger partial charge on any atom is -0.367 e. The molecule has 3 rings (SSSR count). The van der Waals surface area contributed by atoms with Crippen LogP contribution in [0.2, 0.25) is 0 Å². The molecular formula is C15H17FN4. The summed E-state index contributed by atoms with van der Waals surface area (Å²) < 4.78 is 12.8. The first-order valence-corrected chi connectivity index (χ1v) is 6.79. The van der Waals surface area contributed by atoms with Gasteiger partial charge in [0.15, 0.2) is 0 Å². The van der Waals surface area contributed by atoms with E-state index in [-0.39, 0.29) is 5.82 Å². The summed E-state index contributed by atoms with van der Waals surface area (Å²) in [7, 11) is 0. The van der Waals surface area contributed by atoms with E-state index >= 15 is 0 Å². The Morgan fingerprint density at radius 3 is 2.65 bits per heavy atom. The van der Waals surface area contributed by atoms with Crippen LogP contribution in [-0.4, -0.2) is 16.0 Å². The largest absolute Gasteiger partial charge is 0.367 e. The molecule has 20 heavy (non-hydrogen) atoms. The highest BCUT2D eigenvalue weighted by Gasteiger charge is 2.21. The number of benzene rings is 1. The Bertz CT molecular complexity index is 593. The lowest BCUT2D eigenvalue weighted by Crippen LogP contribution is -2.09. The first-order chi connectivity index (χ1) is 9.69. The van der Waals surface area contributed by atoms with Crippen LogP contribution in [0.25, 0.3) is 0 Å². The van der Waals surface area contributed by atoms with E-state index < -0.39 is 0 Å². The van der Waals surface area contributed by atoms with Crippen molar-refractivity contribution in [1.29, 1.82) is 0 Å². The molecule has 0 amide bonds. The highest BCUT2D eigenvalue weighted by Crippen LogP contribution is 2.24. The van der Waals surface area contributed by atoms with E-state index in [9.17, 15) is 4.39 Å². The Morgan fingerprint density at radius 1 is 1.20 bits per heavy atom. The van der Waals surface area contributed by atoms with E-state index in [0.29, 0.717) is 18.5 Å². The molecule has 0 spiro atoms. The molecule has 1 aliphatic rings. The van der Waals surface area contributed by atoms with Gasteiger partial charge in [-0.3, -0.25) is 0 Å². The van der Waals surface area contributed by atoms with Crippen molar-refractivity contribution >= 4 is 11.8 Å². The quantitative estimate of drug-likeness (QED) is 0.878. The third-order valence-electron chi connectivity index (χ3n) is 3.15. The zero-order chi connectivity index (χ0) is 13.9. The molecule has 2 aromatic rings. The molecule has 1 aromatic heterocycles. The molecule has 4 nitrogen and oxygen atoms in total. The molecule has 104 valence electrons. The summed E-state index contributed by atoms with van der Waals surface area (Å²) in [5.41, 5.74) is 1.91. The monoisotopic (exact) mass is 272 g/mol. The molecule has 1 heterocycles. The maximum Gasteiger partial charge on any atom is 0.225 e. The molecule has 2 N–H and O–H groups in total. The summed E-state index contributed by atoms with van der Waals surface area (Å²) in [6, 6.07) is 8.92. The van der Waals surface area contributed by atoms with Gasteiger partial charge in [-0.2, -0.15) is 4.98 Å². The highest BCUT2D eigenvalue weighted by molar-refractivity contribution is 5.44. The van der Waals surface area contributed by atoms with Crippen molar-refractivity contribution in [2.75, 3.05) is 10.6 Å². The number of hydrogen-bond donors (Lipinski definition) is 2. The Hall–Kier alpha value is -2.17. The lowest BCUT2D eigenvalue weighted by atomic mass is 10.2. The third-order valence-corrected chi connectivity index (χ3v) is 3.15. The lowest BCUT2D eigenvalue weighted by molar-refractivity contribution is 0.627. The number of aryl methyl sites for hydroxylation is 1. The molecule has 0 radical (unpaired) electrons. The van der Waals surface area contributed by atoms with Crippen LogP contribution >= 0.6 is 0 Å². The molecule has 1 saturated carbocycles. The Kier molecular flexibility index (Phi) is 3.50. The second-order valence-electron chi connectivity index (χ2n) is 5.12. The fourth-order valence-corrected chi connectivity index (χ4v) is 1.94. The van der Waals surface area contributed by atoms with Gasteiger partial charge < -0.3 is 10.6 Å². The van der Waals surface area contributed by atoms with E-state index in [4.69, 9.17) is 0 Å². The van der Waals surface area contributed by atoms with E-state index in [1.165, 1.54) is 25.0 Å². The minimum absolute atomic E-state index is 0.225. The van der Waals surface area contributed by atoms with Gasteiger partial charge in [0.1, 0.15) is 11.6 Å². The van der Waals surface area contributed by atoms with Crippen molar-refractivity contribution < 1.29 is 4.39 Å². The number of hydrogen-bond acceptors (Lipinski definition) is 4. The topological polar surface area (TPSA) is 49.8 Å². The number of rotatable bonds is 5. The lowest BCUT2D eigenvalue weighted by Gasteiger charge is -2.09. The molecule has 0 unspecified atom stereocenters. The van der Waals surface area contributed by atoms with Crippen LogP contribution < -0.4 is 10.6 Å². The predicted octanol–water partition coefficient (Wildman–Crippen LogP) is 3.11. The maximum absolute atomic E-state index is 12.8. The molecule has 1 fully saturated rings. The molecular weight excluding hydrogens is 255 g/mol. The summed E-state index contributed by atoms with van der Waals surface area (Å²) in [6.45, 7) is 2.52. The van der Waals surface area contributed by atoms with Crippen LogP contribution in [0.3, 0.4) is 0 Å². The average Bonchev–Trinajstić information content (AvgIpc) is 3.21. The summed E-state index contributed by atoms with van der Waals surface area (Å²) >= 11 is 0. The van der Waals surface area contributed by atoms with Crippen LogP contribution in [0.5, 0.6) is 0 Å². The highest BCUT2D eigenvalue weighted by atomic mass is 19.1. The van der Waals surface area contributed by atoms with Gasteiger partial charge in [-0.1, -0.05) is 12.1 Å². The number of halogens is 1. The second kappa shape index (κ2) is 5.45. The molecule has 0 aliphatic heterocycles. The van der Waals surface area contributed by atoms with Crippen LogP contribution in [0.15, 0.2) is 30.3 Å². The molecule has 1 aliphatic carbocycles. The van der Waals surface area contributed by atoms with Crippen LogP contribution in [-0.2, 0) is 6.54 Å². The normalized spacial score (nSPS) is 14.1. The third kappa shape index (κ3) is 3.44. The van der Waals surface area contributed by atoms with Gasteiger partial charge in [0, 0.05) is 24.3 Å². The minimum atomic E-state index is -0.225. The van der Waals surface area contributed by atoms with Crippen LogP contribution in [0.4, 0.5) is 16.2 Å². The average molecular weight is 272 g/mol. The Morgan fingerprint density at radius 2 is 1.95 bits per heavy atom. The second-order valence-corrected chi connectivity index (χ2v) is 5.12. The first-order valence-electron chi connectivity index (χ1n) is 6.79. The number of anilines is 2. The van der Waals surface area contributed by atoms with Gasteiger partial charge in [-0.25, -0.2) is 9.37 Å². The van der Waals surface area contributed by atoms with Gasteiger partial charge >= 0.3 is 0 Å². The standard InChI is InChI=1S/C15H17FN4/c1-10-8-14(19-13-6-7-13)20-15(18-10)17-9-11-2-4-12(16)5-3-11/h2-5,8,13H,6-7,9H2,1H3,(H2,17,18,19,20). The van der Waals surface area contributed by atoms with Crippen LogP contribution in [0, 0.1) is 12.7 Å². The molecule has 0 atom stereocenters. The number of nitrogens with zero attached hydrogens (tertiary/aromatic N) is 2. The zero-order valence-electron chi connectivity index (χ0n) is 11.4. The van der Waals surface area contributed by atoms with Gasteiger partial charge in [-0.15, -0.1) is 0 Å². The van der Waals surface area contributed by atoms with Crippen molar-refractivity contribution in [1.82, 2.24) is 9.97 Å². The zero-order valence-corrected chi connectivity index (χ0v) is 11.4. The number of nitrogens with one attached hydrogen (secondary N) is 2. The van der Waals surface area contributed by atoms with Gasteiger partial charge in [0.05, 0.1) is 0 Å². The fourth-order valence-electron chi connectivity index (χ4n) is 1.94. The van der Waals surface area contributed by atoms with E-state index in [2.05, 4.69) is 20.6 Å². The molecule has 0 bridgehead atoms. The van der Waals surface area contributed by atoms with Crippen LogP contribution in [0.1, 0.15) is 24.1 Å². The SMILES string of the molecule is Cc1cc(NC2CC2)nc(NCc2ccc(F)cc2)n1. The van der Waals surface area contributed by atoms with E-state index in [1.54, 1.807) is 12.1 Å². The van der Waals surface area contributed by atoms with E-state index in [1.807, 2.05) is 13.0 Å². The summed E-state index contributed by atoms with van der Waals surface area (Å²) in [6.07, 6.45) is 2.42. The first kappa shape index (κ1) is 12.8. The van der Waals surface area contributed by atoms with Gasteiger partial charge in [-0.05, 0) is 37.5 Å².